The Morgan fingerprint density at radius 3 is 2.25 bits per heavy atom. The molecule has 0 bridgehead atoms. The van der Waals surface area contributed by atoms with Gasteiger partial charge >= 0.3 is 0 Å². The number of nitrogens with one attached hydrogen (secondary N) is 1. The van der Waals surface area contributed by atoms with Gasteiger partial charge in [0.05, 0.1) is 10.9 Å². The van der Waals surface area contributed by atoms with Crippen LogP contribution < -0.4 is 0 Å². The maximum Gasteiger partial charge on any atom is 0.145 e. The van der Waals surface area contributed by atoms with Crippen LogP contribution >= 0.6 is 0 Å². The summed E-state index contributed by atoms with van der Waals surface area (Å²) in [6.45, 7) is 0. The average Bonchev–Trinajstić information content (AvgIpc) is 3.19. The van der Waals surface area contributed by atoms with E-state index in [0.29, 0.717) is 0 Å². The van der Waals surface area contributed by atoms with Gasteiger partial charge < -0.3 is 9.40 Å². The Morgan fingerprint density at radius 2 is 1.29 bits per heavy atom. The third kappa shape index (κ3) is 1.41. The van der Waals surface area contributed by atoms with Crippen molar-refractivity contribution in [2.45, 2.75) is 0 Å². The van der Waals surface area contributed by atoms with Gasteiger partial charge in [0.1, 0.15) is 11.2 Å². The minimum Gasteiger partial charge on any atom is -0.455 e. The molecule has 2 aromatic heterocycles. The van der Waals surface area contributed by atoms with E-state index in [1.807, 2.05) is 0 Å². The first-order chi connectivity index (χ1) is 11.9. The summed E-state index contributed by atoms with van der Waals surface area (Å²) in [5.74, 6) is 0. The summed E-state index contributed by atoms with van der Waals surface area (Å²) in [6, 6.07) is 25.4. The number of rotatable bonds is 0. The first kappa shape index (κ1) is 12.2. The van der Waals surface area contributed by atoms with Gasteiger partial charge in [0, 0.05) is 27.1 Å². The van der Waals surface area contributed by atoms with Gasteiger partial charge in [-0.2, -0.15) is 0 Å². The van der Waals surface area contributed by atoms with Crippen LogP contribution in [0.25, 0.3) is 54.5 Å². The second-order valence-electron chi connectivity index (χ2n) is 6.30. The summed E-state index contributed by atoms with van der Waals surface area (Å²) in [4.78, 5) is 3.49. The molecule has 0 atom stereocenters. The van der Waals surface area contributed by atoms with Crippen molar-refractivity contribution >= 4 is 54.5 Å². The molecule has 0 saturated carbocycles. The largest absolute Gasteiger partial charge is 0.455 e. The predicted molar refractivity (Wildman–Crippen MR) is 101 cm³/mol. The maximum atomic E-state index is 6.43. The van der Waals surface area contributed by atoms with Gasteiger partial charge in [0.15, 0.2) is 0 Å². The van der Waals surface area contributed by atoms with Gasteiger partial charge in [-0.3, -0.25) is 0 Å². The maximum absolute atomic E-state index is 6.43. The van der Waals surface area contributed by atoms with Crippen molar-refractivity contribution in [1.29, 1.82) is 0 Å². The van der Waals surface area contributed by atoms with Crippen LogP contribution in [0.4, 0.5) is 0 Å². The molecular weight excluding hydrogens is 294 g/mol. The molecule has 0 fully saturated rings. The molecule has 0 saturated heterocycles. The number of aromatic nitrogens is 1. The lowest BCUT2D eigenvalue weighted by molar-refractivity contribution is 0.677. The van der Waals surface area contributed by atoms with E-state index in [4.69, 9.17) is 4.42 Å². The third-order valence-electron chi connectivity index (χ3n) is 5.00. The molecule has 6 rings (SSSR count). The summed E-state index contributed by atoms with van der Waals surface area (Å²) >= 11 is 0. The Morgan fingerprint density at radius 1 is 0.542 bits per heavy atom. The molecule has 1 N–H and O–H groups in total. The first-order valence-electron chi connectivity index (χ1n) is 8.13. The topological polar surface area (TPSA) is 28.9 Å². The lowest BCUT2D eigenvalue weighted by Crippen LogP contribution is -1.72. The second kappa shape index (κ2) is 4.18. The third-order valence-corrected chi connectivity index (χ3v) is 5.00. The molecule has 0 spiro atoms. The van der Waals surface area contributed by atoms with Gasteiger partial charge in [-0.25, -0.2) is 0 Å². The highest BCUT2D eigenvalue weighted by Crippen LogP contribution is 2.39. The number of aromatic amines is 1. The number of benzene rings is 4. The molecule has 0 aliphatic rings. The standard InChI is InChI=1S/C22H13NO/c1-2-6-14-13(5-1)9-10-15-16-11-12-19-20(22(16)24-21(14)15)17-7-3-4-8-18(17)23-19/h1-12,23H. The molecule has 2 heteroatoms. The van der Waals surface area contributed by atoms with Crippen LogP contribution in [0.15, 0.2) is 77.2 Å². The fourth-order valence-electron chi connectivity index (χ4n) is 3.89. The van der Waals surface area contributed by atoms with Crippen molar-refractivity contribution < 1.29 is 4.42 Å². The predicted octanol–water partition coefficient (Wildman–Crippen LogP) is 6.37. The number of furan rings is 1. The van der Waals surface area contributed by atoms with Crippen LogP contribution in [0, 0.1) is 0 Å². The van der Waals surface area contributed by atoms with Gasteiger partial charge in [0.25, 0.3) is 0 Å². The summed E-state index contributed by atoms with van der Waals surface area (Å²) in [6.07, 6.45) is 0. The number of para-hydroxylation sites is 1. The van der Waals surface area contributed by atoms with E-state index >= 15 is 0 Å². The number of fused-ring (bicyclic) bond motifs is 9. The molecule has 0 amide bonds. The fourth-order valence-corrected chi connectivity index (χ4v) is 3.89. The molecule has 112 valence electrons. The molecule has 2 nitrogen and oxygen atoms in total. The van der Waals surface area contributed by atoms with Crippen molar-refractivity contribution in [2.75, 3.05) is 0 Å². The molecular formula is C22H13NO. The average molecular weight is 307 g/mol. The smallest absolute Gasteiger partial charge is 0.145 e. The van der Waals surface area contributed by atoms with Crippen LogP contribution in [-0.4, -0.2) is 4.98 Å². The lowest BCUT2D eigenvalue weighted by Gasteiger charge is -1.97. The second-order valence-corrected chi connectivity index (χ2v) is 6.30. The molecule has 0 unspecified atom stereocenters. The van der Waals surface area contributed by atoms with Crippen molar-refractivity contribution in [2.24, 2.45) is 0 Å². The summed E-state index contributed by atoms with van der Waals surface area (Å²) in [5.41, 5.74) is 4.20. The Labute approximate surface area is 137 Å². The highest BCUT2D eigenvalue weighted by molar-refractivity contribution is 6.25. The van der Waals surface area contributed by atoms with Crippen molar-refractivity contribution in [1.82, 2.24) is 4.98 Å². The van der Waals surface area contributed by atoms with E-state index in [9.17, 15) is 0 Å². The van der Waals surface area contributed by atoms with Crippen molar-refractivity contribution in [3.8, 4) is 0 Å². The fraction of sp³-hybridized carbons (Fsp3) is 0. The zero-order chi connectivity index (χ0) is 15.7. The van der Waals surface area contributed by atoms with Crippen LogP contribution in [0.3, 0.4) is 0 Å². The van der Waals surface area contributed by atoms with Gasteiger partial charge in [-0.1, -0.05) is 48.5 Å². The first-order valence-corrected chi connectivity index (χ1v) is 8.13. The Balaban J connectivity index is 1.92. The Bertz CT molecular complexity index is 1400. The lowest BCUT2D eigenvalue weighted by atomic mass is 10.0. The summed E-state index contributed by atoms with van der Waals surface area (Å²) in [5, 5.41) is 7.10. The van der Waals surface area contributed by atoms with E-state index in [1.165, 1.54) is 32.3 Å². The van der Waals surface area contributed by atoms with E-state index in [1.54, 1.807) is 0 Å². The molecule has 0 radical (unpaired) electrons. The molecule has 24 heavy (non-hydrogen) atoms. The molecule has 0 aliphatic carbocycles. The number of H-pyrrole nitrogens is 1. The molecule has 4 aromatic carbocycles. The highest BCUT2D eigenvalue weighted by Gasteiger charge is 2.15. The Kier molecular flexibility index (Phi) is 2.12. The zero-order valence-corrected chi connectivity index (χ0v) is 12.8. The zero-order valence-electron chi connectivity index (χ0n) is 12.8. The van der Waals surface area contributed by atoms with E-state index in [0.717, 1.165) is 22.2 Å². The van der Waals surface area contributed by atoms with Crippen LogP contribution in [-0.2, 0) is 0 Å². The molecule has 0 aliphatic heterocycles. The minimum atomic E-state index is 0.969. The van der Waals surface area contributed by atoms with Crippen molar-refractivity contribution in [3.63, 3.8) is 0 Å². The van der Waals surface area contributed by atoms with E-state index < -0.39 is 0 Å². The Hall–Kier alpha value is -3.26. The van der Waals surface area contributed by atoms with Crippen LogP contribution in [0.5, 0.6) is 0 Å². The quantitative estimate of drug-likeness (QED) is 0.347. The van der Waals surface area contributed by atoms with Gasteiger partial charge in [-0.05, 0) is 29.7 Å². The number of hydrogen-bond acceptors (Lipinski definition) is 1. The molecule has 6 aromatic rings. The van der Waals surface area contributed by atoms with E-state index in [-0.39, 0.29) is 0 Å². The van der Waals surface area contributed by atoms with Crippen LogP contribution in [0.2, 0.25) is 0 Å². The van der Waals surface area contributed by atoms with Gasteiger partial charge in [-0.15, -0.1) is 0 Å². The summed E-state index contributed by atoms with van der Waals surface area (Å²) in [7, 11) is 0. The SMILES string of the molecule is c1ccc2c(c1)ccc1c3ccc4[nH]c5ccccc5c4c3oc21. The highest BCUT2D eigenvalue weighted by atomic mass is 16.3. The van der Waals surface area contributed by atoms with Crippen molar-refractivity contribution in [3.05, 3.63) is 72.8 Å². The number of hydrogen-bond donors (Lipinski definition) is 1. The normalized spacial score (nSPS) is 12.2. The minimum absolute atomic E-state index is 0.969. The summed E-state index contributed by atoms with van der Waals surface area (Å²) < 4.78 is 6.43. The monoisotopic (exact) mass is 307 g/mol. The van der Waals surface area contributed by atoms with Crippen LogP contribution in [0.1, 0.15) is 0 Å². The van der Waals surface area contributed by atoms with E-state index in [2.05, 4.69) is 77.8 Å². The molecule has 2 heterocycles. The van der Waals surface area contributed by atoms with Gasteiger partial charge in [0.2, 0.25) is 0 Å².